The van der Waals surface area contributed by atoms with Crippen LogP contribution in [0.25, 0.3) is 11.3 Å². The summed E-state index contributed by atoms with van der Waals surface area (Å²) in [5, 5.41) is 3.51. The second-order valence-electron chi connectivity index (χ2n) is 7.53. The Labute approximate surface area is 218 Å². The van der Waals surface area contributed by atoms with E-state index in [-0.39, 0.29) is 5.82 Å². The van der Waals surface area contributed by atoms with Crippen molar-refractivity contribution in [3.8, 4) is 23.7 Å². The van der Waals surface area contributed by atoms with Crippen LogP contribution < -0.4 is 15.1 Å². The van der Waals surface area contributed by atoms with Crippen molar-refractivity contribution in [3.63, 3.8) is 0 Å². The van der Waals surface area contributed by atoms with E-state index in [9.17, 15) is 4.39 Å². The molecule has 2 aromatic rings. The summed E-state index contributed by atoms with van der Waals surface area (Å²) in [7, 11) is 0. The standard InChI is InChI=1S/C25H30ClFN6.CH3Cl/c1-5-9-21(26)24(28-6-2)33-16-14-32(15-17-33)23-18-22(19-10-12-20(27)13-11-19)29-25(30-23)31(7-3)8-4;1-2/h2,5,9-13,18,28H,7-8,14-17H2,1,3-4H3;1H3/b9-5-,24-21-;. The molecule has 0 aliphatic carbocycles. The maximum absolute atomic E-state index is 13.5. The predicted molar refractivity (Wildman–Crippen MR) is 146 cm³/mol. The zero-order valence-electron chi connectivity index (χ0n) is 20.7. The minimum absolute atomic E-state index is 0.269. The molecule has 0 saturated carbocycles. The molecule has 1 N–H and O–H groups in total. The first-order valence-electron chi connectivity index (χ1n) is 11.5. The van der Waals surface area contributed by atoms with Gasteiger partial charge in [-0.25, -0.2) is 9.37 Å². The Morgan fingerprint density at radius 1 is 1.14 bits per heavy atom. The third-order valence-corrected chi connectivity index (χ3v) is 5.84. The summed E-state index contributed by atoms with van der Waals surface area (Å²) in [5.74, 6) is 1.98. The minimum Gasteiger partial charge on any atom is -0.353 e. The van der Waals surface area contributed by atoms with Crippen LogP contribution in [0.2, 0.25) is 0 Å². The number of rotatable bonds is 8. The molecule has 2 heterocycles. The summed E-state index contributed by atoms with van der Waals surface area (Å²) < 4.78 is 13.5. The van der Waals surface area contributed by atoms with Gasteiger partial charge in [0.1, 0.15) is 17.5 Å². The van der Waals surface area contributed by atoms with Gasteiger partial charge in [-0.05, 0) is 51.1 Å². The number of piperazine rings is 1. The Morgan fingerprint density at radius 3 is 2.31 bits per heavy atom. The van der Waals surface area contributed by atoms with E-state index in [0.717, 1.165) is 62.2 Å². The molecule has 0 bridgehead atoms. The second-order valence-corrected chi connectivity index (χ2v) is 7.94. The number of hydrogen-bond acceptors (Lipinski definition) is 6. The van der Waals surface area contributed by atoms with Crippen molar-refractivity contribution in [1.82, 2.24) is 20.2 Å². The fourth-order valence-corrected chi connectivity index (χ4v) is 4.04. The molecule has 0 atom stereocenters. The van der Waals surface area contributed by atoms with Gasteiger partial charge >= 0.3 is 0 Å². The van der Waals surface area contributed by atoms with Crippen molar-refractivity contribution < 1.29 is 4.39 Å². The van der Waals surface area contributed by atoms with E-state index in [0.29, 0.717) is 11.0 Å². The molecular weight excluding hydrogens is 486 g/mol. The van der Waals surface area contributed by atoms with Crippen molar-refractivity contribution in [1.29, 1.82) is 0 Å². The van der Waals surface area contributed by atoms with E-state index in [1.165, 1.54) is 18.5 Å². The number of alkyl halides is 1. The smallest absolute Gasteiger partial charge is 0.227 e. The van der Waals surface area contributed by atoms with Crippen LogP contribution in [0.1, 0.15) is 20.8 Å². The van der Waals surface area contributed by atoms with Crippen LogP contribution in [-0.2, 0) is 0 Å². The van der Waals surface area contributed by atoms with Gasteiger partial charge in [0.25, 0.3) is 0 Å². The van der Waals surface area contributed by atoms with E-state index < -0.39 is 0 Å². The lowest BCUT2D eigenvalue weighted by molar-refractivity contribution is 0.307. The van der Waals surface area contributed by atoms with Crippen LogP contribution in [0.5, 0.6) is 0 Å². The molecule has 1 fully saturated rings. The van der Waals surface area contributed by atoms with Crippen LogP contribution in [0, 0.1) is 18.3 Å². The van der Waals surface area contributed by atoms with Gasteiger partial charge in [-0.1, -0.05) is 24.1 Å². The Kier molecular flexibility index (Phi) is 11.7. The first kappa shape index (κ1) is 28.3. The third-order valence-electron chi connectivity index (χ3n) is 5.54. The first-order valence-corrected chi connectivity index (χ1v) is 12.7. The number of nitrogens with zero attached hydrogens (tertiary/aromatic N) is 5. The molecule has 35 heavy (non-hydrogen) atoms. The van der Waals surface area contributed by atoms with Gasteiger partial charge in [0.2, 0.25) is 5.95 Å². The number of nitrogens with one attached hydrogen (secondary N) is 1. The van der Waals surface area contributed by atoms with Gasteiger partial charge in [0.15, 0.2) is 0 Å². The molecule has 0 spiro atoms. The molecule has 3 rings (SSSR count). The molecular formula is C26H33Cl2FN6. The van der Waals surface area contributed by atoms with Gasteiger partial charge in [-0.2, -0.15) is 4.98 Å². The highest BCUT2D eigenvalue weighted by Gasteiger charge is 2.23. The fourth-order valence-electron chi connectivity index (χ4n) is 3.74. The lowest BCUT2D eigenvalue weighted by Gasteiger charge is -2.38. The van der Waals surface area contributed by atoms with Gasteiger partial charge in [-0.15, -0.1) is 11.6 Å². The SMILES string of the molecule is C#CN/C(=C(Cl)\C=C/C)N1CCN(c2cc(-c3ccc(F)cc3)nc(N(CC)CC)n2)CC1.CCl. The monoisotopic (exact) mass is 518 g/mol. The molecule has 9 heteroatoms. The van der Waals surface area contributed by atoms with Gasteiger partial charge in [0, 0.05) is 63.3 Å². The number of terminal acetylenes is 1. The predicted octanol–water partition coefficient (Wildman–Crippen LogP) is 5.27. The molecule has 1 aromatic carbocycles. The number of hydrogen-bond donors (Lipinski definition) is 1. The van der Waals surface area contributed by atoms with E-state index in [1.54, 1.807) is 12.1 Å². The maximum Gasteiger partial charge on any atom is 0.227 e. The number of allylic oxidation sites excluding steroid dienone is 3. The zero-order valence-corrected chi connectivity index (χ0v) is 22.2. The van der Waals surface area contributed by atoms with Crippen LogP contribution in [0.15, 0.2) is 53.3 Å². The fraction of sp³-hybridized carbons (Fsp3) is 0.385. The number of benzene rings is 1. The minimum atomic E-state index is -0.269. The van der Waals surface area contributed by atoms with Crippen molar-refractivity contribution in [2.75, 3.05) is 55.5 Å². The summed E-state index contributed by atoms with van der Waals surface area (Å²) in [6.07, 6.45) is 10.7. The van der Waals surface area contributed by atoms with Gasteiger partial charge in [0.05, 0.1) is 10.7 Å². The Bertz CT molecular complexity index is 1040. The highest BCUT2D eigenvalue weighted by atomic mass is 35.5. The average molecular weight is 519 g/mol. The van der Waals surface area contributed by atoms with Crippen LogP contribution in [0.3, 0.4) is 0 Å². The molecule has 1 aliphatic rings. The zero-order chi connectivity index (χ0) is 25.8. The van der Waals surface area contributed by atoms with Crippen molar-refractivity contribution in [3.05, 3.63) is 59.2 Å². The molecule has 188 valence electrons. The maximum atomic E-state index is 13.5. The summed E-state index contributed by atoms with van der Waals surface area (Å²) in [6.45, 7) is 10.6. The number of aromatic nitrogens is 2. The van der Waals surface area contributed by atoms with E-state index in [1.807, 2.05) is 25.1 Å². The van der Waals surface area contributed by atoms with Crippen molar-refractivity contribution in [2.24, 2.45) is 0 Å². The Morgan fingerprint density at radius 2 is 1.77 bits per heavy atom. The topological polar surface area (TPSA) is 47.5 Å². The van der Waals surface area contributed by atoms with E-state index in [4.69, 9.17) is 28.0 Å². The summed E-state index contributed by atoms with van der Waals surface area (Å²) in [6, 6.07) is 10.8. The van der Waals surface area contributed by atoms with E-state index >= 15 is 0 Å². The highest BCUT2D eigenvalue weighted by Crippen LogP contribution is 2.27. The van der Waals surface area contributed by atoms with Crippen molar-refractivity contribution >= 4 is 35.0 Å². The largest absolute Gasteiger partial charge is 0.353 e. The highest BCUT2D eigenvalue weighted by molar-refractivity contribution is 6.31. The number of halogens is 3. The lowest BCUT2D eigenvalue weighted by atomic mass is 10.1. The lowest BCUT2D eigenvalue weighted by Crippen LogP contribution is -2.48. The third kappa shape index (κ3) is 7.51. The Hall–Kier alpha value is -2.95. The summed E-state index contributed by atoms with van der Waals surface area (Å²) >= 11 is 11.1. The Balaban J connectivity index is 0.00000210. The molecule has 6 nitrogen and oxygen atoms in total. The number of anilines is 2. The molecule has 0 amide bonds. The second kappa shape index (κ2) is 14.4. The molecule has 0 unspecified atom stereocenters. The van der Waals surface area contributed by atoms with Gasteiger partial charge in [-0.3, -0.25) is 5.32 Å². The molecule has 0 radical (unpaired) electrons. The van der Waals surface area contributed by atoms with Crippen LogP contribution >= 0.6 is 23.2 Å². The van der Waals surface area contributed by atoms with Crippen LogP contribution in [0.4, 0.5) is 16.2 Å². The van der Waals surface area contributed by atoms with E-state index in [2.05, 4.69) is 51.5 Å². The van der Waals surface area contributed by atoms with Crippen LogP contribution in [-0.4, -0.2) is 60.5 Å². The average Bonchev–Trinajstić information content (AvgIpc) is 2.89. The molecule has 1 aromatic heterocycles. The normalized spacial score (nSPS) is 14.1. The quantitative estimate of drug-likeness (QED) is 0.222. The molecule has 1 saturated heterocycles. The first-order chi connectivity index (χ1) is 17.0. The summed E-state index contributed by atoms with van der Waals surface area (Å²) in [4.78, 5) is 16.1. The summed E-state index contributed by atoms with van der Waals surface area (Å²) in [5.41, 5.74) is 1.63. The molecule has 1 aliphatic heterocycles. The van der Waals surface area contributed by atoms with Crippen molar-refractivity contribution in [2.45, 2.75) is 20.8 Å². The van der Waals surface area contributed by atoms with Gasteiger partial charge < -0.3 is 14.7 Å².